The van der Waals surface area contributed by atoms with E-state index in [0.29, 0.717) is 61.3 Å². The highest BCUT2D eigenvalue weighted by Gasteiger charge is 2.34. The van der Waals surface area contributed by atoms with Gasteiger partial charge in [0.15, 0.2) is 21.0 Å². The minimum atomic E-state index is -0.765. The molecule has 1 atom stereocenters. The number of hydrogen-bond acceptors (Lipinski definition) is 8. The van der Waals surface area contributed by atoms with E-state index in [0.717, 1.165) is 0 Å². The van der Waals surface area contributed by atoms with Gasteiger partial charge in [0.25, 0.3) is 5.56 Å². The summed E-state index contributed by atoms with van der Waals surface area (Å²) >= 11 is 4.50. The van der Waals surface area contributed by atoms with Gasteiger partial charge in [0.2, 0.25) is 0 Å². The van der Waals surface area contributed by atoms with E-state index in [9.17, 15) is 9.59 Å². The molecule has 8 nitrogen and oxygen atoms in total. The number of nitrogens with zero attached hydrogens (tertiary/aromatic N) is 2. The Hall–Kier alpha value is -3.37. The third-order valence-corrected chi connectivity index (χ3v) is 6.73. The smallest absolute Gasteiger partial charge is 0.338 e. The average molecular weight is 573 g/mol. The maximum atomic E-state index is 13.6. The monoisotopic (exact) mass is 572 g/mol. The predicted octanol–water partition coefficient (Wildman–Crippen LogP) is 4.12. The first kappa shape index (κ1) is 25.7. The molecule has 188 valence electrons. The number of rotatable bonds is 9. The highest BCUT2D eigenvalue weighted by molar-refractivity contribution is 9.10. The highest BCUT2D eigenvalue weighted by Crippen LogP contribution is 2.36. The normalized spacial score (nSPS) is 15.3. The zero-order valence-electron chi connectivity index (χ0n) is 20.1. The van der Waals surface area contributed by atoms with E-state index in [1.165, 1.54) is 15.9 Å². The molecule has 0 N–H and O–H groups in total. The molecule has 0 fully saturated rings. The van der Waals surface area contributed by atoms with Crippen LogP contribution in [0.4, 0.5) is 0 Å². The van der Waals surface area contributed by atoms with Crippen molar-refractivity contribution in [3.05, 3.63) is 89.9 Å². The molecule has 0 amide bonds. The first-order valence-corrected chi connectivity index (χ1v) is 12.9. The van der Waals surface area contributed by atoms with E-state index in [1.807, 2.05) is 13.0 Å². The van der Waals surface area contributed by atoms with Crippen molar-refractivity contribution < 1.29 is 23.4 Å². The number of esters is 1. The second-order valence-electron chi connectivity index (χ2n) is 7.68. The van der Waals surface area contributed by atoms with E-state index in [2.05, 4.69) is 27.5 Å². The predicted molar refractivity (Wildman–Crippen MR) is 140 cm³/mol. The lowest BCUT2D eigenvalue weighted by Crippen LogP contribution is -2.40. The lowest BCUT2D eigenvalue weighted by atomic mass is 9.95. The number of fused-ring (bicyclic) bond motifs is 1. The molecule has 0 bridgehead atoms. The largest absolute Gasteiger partial charge is 0.490 e. The molecule has 4 rings (SSSR count). The lowest BCUT2D eigenvalue weighted by Gasteiger charge is -2.25. The first-order chi connectivity index (χ1) is 17.4. The van der Waals surface area contributed by atoms with Crippen molar-refractivity contribution in [3.63, 3.8) is 0 Å². The summed E-state index contributed by atoms with van der Waals surface area (Å²) in [4.78, 5) is 31.8. The van der Waals surface area contributed by atoms with Gasteiger partial charge in [-0.1, -0.05) is 30.1 Å². The quantitative estimate of drug-likeness (QED) is 0.283. The Morgan fingerprint density at radius 1 is 1.22 bits per heavy atom. The Morgan fingerprint density at radius 2 is 2.03 bits per heavy atom. The van der Waals surface area contributed by atoms with Crippen LogP contribution in [0.5, 0.6) is 11.5 Å². The number of thiazole rings is 1. The van der Waals surface area contributed by atoms with E-state index in [4.69, 9.17) is 18.6 Å². The van der Waals surface area contributed by atoms with Crippen LogP contribution < -0.4 is 24.4 Å². The average Bonchev–Trinajstić information content (AvgIpc) is 3.39. The van der Waals surface area contributed by atoms with Crippen LogP contribution in [0.1, 0.15) is 38.1 Å². The molecule has 10 heteroatoms. The summed E-state index contributed by atoms with van der Waals surface area (Å²) in [7, 11) is 0. The van der Waals surface area contributed by atoms with Crippen molar-refractivity contribution in [1.29, 1.82) is 0 Å². The van der Waals surface area contributed by atoms with Gasteiger partial charge in [0.05, 0.1) is 35.1 Å². The minimum Gasteiger partial charge on any atom is -0.490 e. The molecule has 0 unspecified atom stereocenters. The fourth-order valence-corrected chi connectivity index (χ4v) is 5.22. The van der Waals surface area contributed by atoms with Crippen LogP contribution in [0.3, 0.4) is 0 Å². The molecule has 0 saturated carbocycles. The number of benzene rings is 1. The molecular weight excluding hydrogens is 548 g/mol. The van der Waals surface area contributed by atoms with Gasteiger partial charge in [0, 0.05) is 6.08 Å². The fraction of sp³-hybridized carbons (Fsp3) is 0.269. The molecule has 1 aromatic carbocycles. The van der Waals surface area contributed by atoms with Gasteiger partial charge in [-0.05, 0) is 66.5 Å². The third kappa shape index (κ3) is 5.10. The Labute approximate surface area is 220 Å². The number of furan rings is 1. The molecule has 1 aliphatic rings. The van der Waals surface area contributed by atoms with Crippen molar-refractivity contribution in [2.24, 2.45) is 4.99 Å². The number of carbonyl (C=O) groups is 1. The van der Waals surface area contributed by atoms with Gasteiger partial charge in [-0.3, -0.25) is 9.36 Å². The fourth-order valence-electron chi connectivity index (χ4n) is 3.87. The molecule has 3 aromatic rings. The van der Waals surface area contributed by atoms with Crippen molar-refractivity contribution in [3.8, 4) is 11.5 Å². The van der Waals surface area contributed by atoms with Crippen LogP contribution in [0.25, 0.3) is 6.08 Å². The summed E-state index contributed by atoms with van der Waals surface area (Å²) < 4.78 is 25.0. The van der Waals surface area contributed by atoms with Gasteiger partial charge in [-0.25, -0.2) is 9.79 Å². The number of ether oxygens (including phenoxy) is 3. The summed E-state index contributed by atoms with van der Waals surface area (Å²) in [6.07, 6.45) is 3.30. The van der Waals surface area contributed by atoms with Gasteiger partial charge >= 0.3 is 5.97 Å². The Balaban J connectivity index is 1.93. The third-order valence-electron chi connectivity index (χ3n) is 5.32. The standard InChI is InChI=1S/C26H25BrN2O6S/c1-5-12-34-18-10-8-16(13-19(18)32-6-2)23-22(25(31)33-7-3)15(4)28-26-29(23)24(30)20(36-26)14-17-9-11-21(27)35-17/h5,8-11,13-14,23H,1,6-7,12H2,2-4H3/b20-14-/t23-/m0/s1. The number of halogens is 1. The molecule has 1 aliphatic heterocycles. The summed E-state index contributed by atoms with van der Waals surface area (Å²) in [6, 6.07) is 8.10. The van der Waals surface area contributed by atoms with Crippen LogP contribution in [-0.2, 0) is 9.53 Å². The highest BCUT2D eigenvalue weighted by atomic mass is 79.9. The molecule has 0 radical (unpaired) electrons. The number of carbonyl (C=O) groups excluding carboxylic acids is 1. The summed E-state index contributed by atoms with van der Waals surface area (Å²) in [5.74, 6) is 1.03. The van der Waals surface area contributed by atoms with Crippen molar-refractivity contribution in [2.45, 2.75) is 26.8 Å². The van der Waals surface area contributed by atoms with Crippen LogP contribution in [0, 0.1) is 0 Å². The van der Waals surface area contributed by atoms with Crippen LogP contribution in [0.2, 0.25) is 0 Å². The Morgan fingerprint density at radius 3 is 2.69 bits per heavy atom. The van der Waals surface area contributed by atoms with E-state index in [1.54, 1.807) is 50.3 Å². The van der Waals surface area contributed by atoms with Crippen LogP contribution in [-0.4, -0.2) is 30.4 Å². The zero-order valence-corrected chi connectivity index (χ0v) is 22.5. The molecule has 2 aromatic heterocycles. The Kier molecular flexibility index (Phi) is 7.95. The summed E-state index contributed by atoms with van der Waals surface area (Å²) in [5, 5.41) is 0. The Bertz CT molecular complexity index is 1510. The second-order valence-corrected chi connectivity index (χ2v) is 9.47. The molecule has 0 aliphatic carbocycles. The molecule has 36 heavy (non-hydrogen) atoms. The molecule has 0 saturated heterocycles. The van der Waals surface area contributed by atoms with Gasteiger partial charge in [0.1, 0.15) is 12.4 Å². The summed E-state index contributed by atoms with van der Waals surface area (Å²) in [6.45, 7) is 9.94. The van der Waals surface area contributed by atoms with Crippen molar-refractivity contribution >= 4 is 39.3 Å². The topological polar surface area (TPSA) is 92.3 Å². The lowest BCUT2D eigenvalue weighted by molar-refractivity contribution is -0.139. The number of allylic oxidation sites excluding steroid dienone is 1. The van der Waals surface area contributed by atoms with E-state index < -0.39 is 12.0 Å². The molecule has 0 spiro atoms. The van der Waals surface area contributed by atoms with Crippen molar-refractivity contribution in [1.82, 2.24) is 4.57 Å². The molecule has 3 heterocycles. The van der Waals surface area contributed by atoms with Crippen LogP contribution >= 0.6 is 27.3 Å². The molecular formula is C26H25BrN2O6S. The van der Waals surface area contributed by atoms with Crippen LogP contribution in [0.15, 0.2) is 73.1 Å². The zero-order chi connectivity index (χ0) is 25.8. The first-order valence-electron chi connectivity index (χ1n) is 11.3. The van der Waals surface area contributed by atoms with Crippen molar-refractivity contribution in [2.75, 3.05) is 19.8 Å². The maximum Gasteiger partial charge on any atom is 0.338 e. The number of aromatic nitrogens is 1. The van der Waals surface area contributed by atoms with Gasteiger partial charge < -0.3 is 18.6 Å². The SMILES string of the molecule is C=CCOc1ccc([C@H]2C(C(=O)OCC)=C(C)N=c3s/c(=C\c4ccc(Br)o4)c(=O)n32)cc1OCC. The second kappa shape index (κ2) is 11.1. The maximum absolute atomic E-state index is 13.6. The van der Waals surface area contributed by atoms with Gasteiger partial charge in [-0.15, -0.1) is 0 Å². The minimum absolute atomic E-state index is 0.193. The van der Waals surface area contributed by atoms with E-state index in [-0.39, 0.29) is 12.2 Å². The van der Waals surface area contributed by atoms with Gasteiger partial charge in [-0.2, -0.15) is 0 Å². The summed E-state index contributed by atoms with van der Waals surface area (Å²) in [5.41, 5.74) is 1.14. The van der Waals surface area contributed by atoms with E-state index >= 15 is 0 Å². The number of hydrogen-bond donors (Lipinski definition) is 0.